The minimum atomic E-state index is -3.99. The molecule has 1 aliphatic heterocycles. The lowest BCUT2D eigenvalue weighted by atomic mass is 10.0. The minimum absolute atomic E-state index is 0.0796. The number of hydrogen-bond acceptors (Lipinski definition) is 7. The number of benzene rings is 1. The molecule has 38 heavy (non-hydrogen) atoms. The maximum Gasteiger partial charge on any atom is 0.261 e. The van der Waals surface area contributed by atoms with Gasteiger partial charge in [0.05, 0.1) is 18.2 Å². The molecule has 0 bridgehead atoms. The van der Waals surface area contributed by atoms with Crippen molar-refractivity contribution in [3.05, 3.63) is 60.5 Å². The maximum absolute atomic E-state index is 13.3. The Bertz CT molecular complexity index is 1420. The maximum atomic E-state index is 13.3. The Hall–Kier alpha value is -3.57. The van der Waals surface area contributed by atoms with E-state index in [1.807, 2.05) is 13.8 Å². The van der Waals surface area contributed by atoms with Crippen LogP contribution < -0.4 is 10.6 Å². The zero-order chi connectivity index (χ0) is 27.4. The summed E-state index contributed by atoms with van der Waals surface area (Å²) < 4.78 is 32.9. The Labute approximate surface area is 221 Å². The highest BCUT2D eigenvalue weighted by Gasteiger charge is 2.38. The molecule has 0 aliphatic carbocycles. The van der Waals surface area contributed by atoms with Crippen molar-refractivity contribution in [2.75, 3.05) is 6.54 Å². The summed E-state index contributed by atoms with van der Waals surface area (Å²) in [5, 5.41) is 6.06. The average Bonchev–Trinajstić information content (AvgIpc) is 3.27. The number of pyridine rings is 1. The molecule has 3 atom stereocenters. The third kappa shape index (κ3) is 5.94. The summed E-state index contributed by atoms with van der Waals surface area (Å²) in [6.07, 6.45) is 3.73. The van der Waals surface area contributed by atoms with E-state index in [0.29, 0.717) is 29.4 Å². The van der Waals surface area contributed by atoms with E-state index in [9.17, 15) is 22.8 Å². The first-order valence-corrected chi connectivity index (χ1v) is 14.0. The quantitative estimate of drug-likeness (QED) is 0.448. The predicted molar refractivity (Wildman–Crippen MR) is 141 cm³/mol. The molecular formula is C27H32N4O6S. The summed E-state index contributed by atoms with van der Waals surface area (Å²) in [4.78, 5) is 43.5. The lowest BCUT2D eigenvalue weighted by Gasteiger charge is -2.25. The highest BCUT2D eigenvalue weighted by molar-refractivity contribution is 7.89. The molecule has 1 aliphatic rings. The van der Waals surface area contributed by atoms with Gasteiger partial charge in [0.2, 0.25) is 5.91 Å². The number of carbonyl (C=O) groups is 3. The van der Waals surface area contributed by atoms with Crippen molar-refractivity contribution in [1.29, 1.82) is 0 Å². The zero-order valence-electron chi connectivity index (χ0n) is 21.6. The van der Waals surface area contributed by atoms with Crippen LogP contribution >= 0.6 is 0 Å². The minimum Gasteiger partial charge on any atom is -0.463 e. The molecule has 0 unspecified atom stereocenters. The van der Waals surface area contributed by atoms with E-state index in [2.05, 4.69) is 15.6 Å². The highest BCUT2D eigenvalue weighted by Crippen LogP contribution is 2.24. The zero-order valence-corrected chi connectivity index (χ0v) is 22.4. The van der Waals surface area contributed by atoms with Crippen molar-refractivity contribution >= 4 is 38.6 Å². The summed E-state index contributed by atoms with van der Waals surface area (Å²) >= 11 is 0. The number of rotatable bonds is 8. The number of Topliss-reactive ketones (excluding diaryl/α,β-unsaturated/α-hetero) is 1. The molecule has 3 aromatic rings. The number of fused-ring (bicyclic) bond motifs is 1. The standard InChI is InChI=1S/C27H32N4O6S/c1-17(2)14-22(30-26(33)20-16-37-24-9-5-4-8-19(20)24)27(34)29-21-12-11-18(3)31(15-23(21)32)38(35,36)25-10-6-7-13-28-25/h4-10,13,16-18,21-22H,11-12,14-15H2,1-3H3,(H,29,34)(H,30,33)/t18-,21+,22+/m1/s1. The average molecular weight is 541 g/mol. The Morgan fingerprint density at radius 1 is 1.13 bits per heavy atom. The Kier molecular flexibility index (Phi) is 8.27. The molecule has 1 saturated heterocycles. The van der Waals surface area contributed by atoms with Crippen molar-refractivity contribution in [3.63, 3.8) is 0 Å². The van der Waals surface area contributed by atoms with Crippen LogP contribution in [0.25, 0.3) is 11.0 Å². The van der Waals surface area contributed by atoms with Crippen molar-refractivity contribution in [1.82, 2.24) is 19.9 Å². The SMILES string of the molecule is CC(C)C[C@H](NC(=O)c1coc2ccccc12)C(=O)N[C@H]1CC[C@@H](C)N(S(=O)(=O)c2ccccn2)CC1=O. The molecule has 1 fully saturated rings. The molecule has 0 spiro atoms. The molecule has 0 saturated carbocycles. The Balaban J connectivity index is 1.48. The van der Waals surface area contributed by atoms with Crippen LogP contribution in [0.4, 0.5) is 0 Å². The third-order valence-corrected chi connectivity index (χ3v) is 8.52. The first kappa shape index (κ1) is 27.5. The fraction of sp³-hybridized carbons (Fsp3) is 0.407. The van der Waals surface area contributed by atoms with Gasteiger partial charge in [-0.25, -0.2) is 13.4 Å². The molecule has 1 aromatic carbocycles. The largest absolute Gasteiger partial charge is 0.463 e. The van der Waals surface area contributed by atoms with Crippen LogP contribution in [0.1, 0.15) is 50.4 Å². The van der Waals surface area contributed by atoms with Gasteiger partial charge in [-0.1, -0.05) is 38.1 Å². The van der Waals surface area contributed by atoms with Crippen LogP contribution in [-0.2, 0) is 19.6 Å². The predicted octanol–water partition coefficient (Wildman–Crippen LogP) is 2.90. The number of nitrogens with zero attached hydrogens (tertiary/aromatic N) is 2. The smallest absolute Gasteiger partial charge is 0.261 e. The number of hydrogen-bond donors (Lipinski definition) is 2. The van der Waals surface area contributed by atoms with Gasteiger partial charge >= 0.3 is 0 Å². The molecule has 202 valence electrons. The second-order valence-corrected chi connectivity index (χ2v) is 11.8. The van der Waals surface area contributed by atoms with Crippen LogP contribution in [0, 0.1) is 5.92 Å². The number of para-hydroxylation sites is 1. The van der Waals surface area contributed by atoms with Crippen LogP contribution in [0.15, 0.2) is 64.4 Å². The summed E-state index contributed by atoms with van der Waals surface area (Å²) in [5.41, 5.74) is 0.878. The molecule has 11 heteroatoms. The first-order chi connectivity index (χ1) is 18.1. The van der Waals surface area contributed by atoms with Crippen LogP contribution in [0.3, 0.4) is 0 Å². The number of furan rings is 1. The molecule has 4 rings (SSSR count). The third-order valence-electron chi connectivity index (χ3n) is 6.65. The van der Waals surface area contributed by atoms with Gasteiger partial charge in [0, 0.05) is 17.6 Å². The van der Waals surface area contributed by atoms with Gasteiger partial charge in [0.15, 0.2) is 10.8 Å². The van der Waals surface area contributed by atoms with Crippen LogP contribution in [-0.4, -0.2) is 60.0 Å². The summed E-state index contributed by atoms with van der Waals surface area (Å²) in [6, 6.07) is 9.45. The van der Waals surface area contributed by atoms with E-state index >= 15 is 0 Å². The molecule has 0 radical (unpaired) electrons. The van der Waals surface area contributed by atoms with Crippen molar-refractivity contribution < 1.29 is 27.2 Å². The van der Waals surface area contributed by atoms with Gasteiger partial charge < -0.3 is 15.1 Å². The number of aromatic nitrogens is 1. The number of ketones is 1. The van der Waals surface area contributed by atoms with E-state index in [0.717, 1.165) is 4.31 Å². The first-order valence-electron chi connectivity index (χ1n) is 12.6. The summed E-state index contributed by atoms with van der Waals surface area (Å²) in [5.74, 6) is -1.29. The van der Waals surface area contributed by atoms with Gasteiger partial charge in [0.1, 0.15) is 17.9 Å². The Morgan fingerprint density at radius 2 is 1.87 bits per heavy atom. The Morgan fingerprint density at radius 3 is 2.58 bits per heavy atom. The molecule has 10 nitrogen and oxygen atoms in total. The van der Waals surface area contributed by atoms with Gasteiger partial charge in [0.25, 0.3) is 15.9 Å². The van der Waals surface area contributed by atoms with E-state index in [1.165, 1.54) is 18.5 Å². The van der Waals surface area contributed by atoms with E-state index < -0.39 is 45.7 Å². The van der Waals surface area contributed by atoms with Crippen molar-refractivity contribution in [2.45, 2.75) is 63.2 Å². The topological polar surface area (TPSA) is 139 Å². The van der Waals surface area contributed by atoms with E-state index in [1.54, 1.807) is 43.3 Å². The van der Waals surface area contributed by atoms with Crippen molar-refractivity contribution in [2.24, 2.45) is 5.92 Å². The van der Waals surface area contributed by atoms with Gasteiger partial charge in [-0.15, -0.1) is 0 Å². The van der Waals surface area contributed by atoms with Gasteiger partial charge in [-0.05, 0) is 50.3 Å². The van der Waals surface area contributed by atoms with Crippen LogP contribution in [0.5, 0.6) is 0 Å². The van der Waals surface area contributed by atoms with Gasteiger partial charge in [-0.2, -0.15) is 4.31 Å². The highest BCUT2D eigenvalue weighted by atomic mass is 32.2. The molecular weight excluding hydrogens is 508 g/mol. The fourth-order valence-corrected chi connectivity index (χ4v) is 6.15. The van der Waals surface area contributed by atoms with Crippen LogP contribution in [0.2, 0.25) is 0 Å². The second kappa shape index (κ2) is 11.4. The molecule has 2 amide bonds. The number of amides is 2. The second-order valence-electron chi connectivity index (χ2n) is 9.97. The van der Waals surface area contributed by atoms with E-state index in [4.69, 9.17) is 4.42 Å². The number of sulfonamides is 1. The lowest BCUT2D eigenvalue weighted by molar-refractivity contribution is -0.129. The molecule has 2 aromatic heterocycles. The van der Waals surface area contributed by atoms with Gasteiger partial charge in [-0.3, -0.25) is 14.4 Å². The van der Waals surface area contributed by atoms with E-state index in [-0.39, 0.29) is 23.9 Å². The molecule has 3 heterocycles. The monoisotopic (exact) mass is 540 g/mol. The normalized spacial score (nSPS) is 19.7. The van der Waals surface area contributed by atoms with Crippen molar-refractivity contribution in [3.8, 4) is 0 Å². The molecule has 2 N–H and O–H groups in total. The fourth-order valence-electron chi connectivity index (χ4n) is 4.59. The number of nitrogens with one attached hydrogen (secondary N) is 2. The summed E-state index contributed by atoms with van der Waals surface area (Å²) in [6.45, 7) is 5.21. The summed E-state index contributed by atoms with van der Waals surface area (Å²) in [7, 11) is -3.99. The lowest BCUT2D eigenvalue weighted by Crippen LogP contribution is -2.52. The number of carbonyl (C=O) groups excluding carboxylic acids is 3.